The van der Waals surface area contributed by atoms with Crippen LogP contribution in [-0.2, 0) is 13.6 Å². The highest BCUT2D eigenvalue weighted by atomic mass is 32.2. The van der Waals surface area contributed by atoms with Crippen molar-refractivity contribution in [2.45, 2.75) is 31.7 Å². The molecule has 0 spiro atoms. The second kappa shape index (κ2) is 8.55. The van der Waals surface area contributed by atoms with Crippen molar-refractivity contribution in [3.05, 3.63) is 47.3 Å². The highest BCUT2D eigenvalue weighted by Crippen LogP contribution is 2.27. The predicted molar refractivity (Wildman–Crippen MR) is 108 cm³/mol. The smallest absolute Gasteiger partial charge is 0.406 e. The number of aryl methyl sites for hydroxylation is 1. The Morgan fingerprint density at radius 2 is 1.83 bits per heavy atom. The first-order valence-corrected chi connectivity index (χ1v) is 10.0. The number of thioether (sulfide) groups is 1. The summed E-state index contributed by atoms with van der Waals surface area (Å²) in [6.07, 6.45) is -4.35. The third-order valence-electron chi connectivity index (χ3n) is 4.73. The number of ether oxygens (including phenoxy) is 1. The molecule has 0 fully saturated rings. The van der Waals surface area contributed by atoms with Crippen molar-refractivity contribution in [3.63, 3.8) is 0 Å². The largest absolute Gasteiger partial charge is 0.497 e. The summed E-state index contributed by atoms with van der Waals surface area (Å²) in [5.74, 6) is 1.15. The number of hydrogen-bond acceptors (Lipinski definition) is 5. The van der Waals surface area contributed by atoms with E-state index in [0.29, 0.717) is 27.9 Å². The molecule has 3 aromatic rings. The molecule has 0 N–H and O–H groups in total. The first-order valence-electron chi connectivity index (χ1n) is 9.04. The summed E-state index contributed by atoms with van der Waals surface area (Å²) in [6, 6.07) is 8.85. The van der Waals surface area contributed by atoms with Crippen LogP contribution in [0.2, 0.25) is 0 Å². The molecule has 0 bridgehead atoms. The highest BCUT2D eigenvalue weighted by molar-refractivity contribution is 7.99. The third-order valence-corrected chi connectivity index (χ3v) is 5.75. The quantitative estimate of drug-likeness (QED) is 0.403. The standard InChI is InChI=1S/C20H21F3N4O2S/c1-12-9-16(13(2)27(12)11-20(21,22)23)17(28)10-30-19-25-24-18(26(19)3)14-5-7-15(29-4)8-6-14/h5-9H,10-11H2,1-4H3. The minimum atomic E-state index is -4.35. The number of carbonyl (C=O) groups is 1. The number of rotatable bonds is 7. The fraction of sp³-hybridized carbons (Fsp3) is 0.350. The maximum atomic E-state index is 12.8. The first kappa shape index (κ1) is 21.9. The number of benzene rings is 1. The van der Waals surface area contributed by atoms with Crippen LogP contribution in [0.1, 0.15) is 21.7 Å². The Hall–Kier alpha value is -2.75. The SMILES string of the molecule is COc1ccc(-c2nnc(SCC(=O)c3cc(C)n(CC(F)(F)F)c3C)n2C)cc1. The molecule has 6 nitrogen and oxygen atoms in total. The molecule has 0 saturated heterocycles. The van der Waals surface area contributed by atoms with E-state index >= 15 is 0 Å². The number of halogens is 3. The Kier molecular flexibility index (Phi) is 6.25. The van der Waals surface area contributed by atoms with Crippen LogP contribution in [0.4, 0.5) is 13.2 Å². The van der Waals surface area contributed by atoms with E-state index < -0.39 is 12.7 Å². The van der Waals surface area contributed by atoms with Gasteiger partial charge in [0.15, 0.2) is 16.8 Å². The van der Waals surface area contributed by atoms with Gasteiger partial charge in [0, 0.05) is 29.6 Å². The first-order chi connectivity index (χ1) is 14.1. The van der Waals surface area contributed by atoms with Gasteiger partial charge in [-0.25, -0.2) is 0 Å². The molecule has 160 valence electrons. The molecule has 0 aliphatic heterocycles. The van der Waals surface area contributed by atoms with Crippen molar-refractivity contribution in [2.75, 3.05) is 12.9 Å². The Balaban J connectivity index is 1.73. The molecule has 0 atom stereocenters. The van der Waals surface area contributed by atoms with E-state index in [1.807, 2.05) is 24.3 Å². The minimum absolute atomic E-state index is 0.0465. The average Bonchev–Trinajstić information content (AvgIpc) is 3.19. The summed E-state index contributed by atoms with van der Waals surface area (Å²) in [6.45, 7) is 1.98. The number of carbonyl (C=O) groups excluding carboxylic acids is 1. The molecule has 0 saturated carbocycles. The van der Waals surface area contributed by atoms with E-state index in [9.17, 15) is 18.0 Å². The lowest BCUT2D eigenvalue weighted by Crippen LogP contribution is -2.19. The number of ketones is 1. The van der Waals surface area contributed by atoms with Gasteiger partial charge >= 0.3 is 6.18 Å². The Labute approximate surface area is 176 Å². The number of alkyl halides is 3. The van der Waals surface area contributed by atoms with Gasteiger partial charge < -0.3 is 13.9 Å². The van der Waals surface area contributed by atoms with Crippen LogP contribution >= 0.6 is 11.8 Å². The molecule has 0 unspecified atom stereocenters. The predicted octanol–water partition coefficient (Wildman–Crippen LogP) is 4.45. The topological polar surface area (TPSA) is 61.9 Å². The van der Waals surface area contributed by atoms with Crippen LogP contribution < -0.4 is 4.74 Å². The fourth-order valence-electron chi connectivity index (χ4n) is 3.15. The second-order valence-electron chi connectivity index (χ2n) is 6.79. The Morgan fingerprint density at radius 3 is 2.43 bits per heavy atom. The van der Waals surface area contributed by atoms with Crippen LogP contribution in [0, 0.1) is 13.8 Å². The van der Waals surface area contributed by atoms with Gasteiger partial charge in [0.1, 0.15) is 12.3 Å². The lowest BCUT2D eigenvalue weighted by atomic mass is 10.2. The van der Waals surface area contributed by atoms with Crippen LogP contribution in [0.25, 0.3) is 11.4 Å². The van der Waals surface area contributed by atoms with Gasteiger partial charge in [-0.3, -0.25) is 4.79 Å². The van der Waals surface area contributed by atoms with E-state index in [1.165, 1.54) is 24.8 Å². The van der Waals surface area contributed by atoms with Crippen LogP contribution in [0.5, 0.6) is 5.75 Å². The molecule has 0 amide bonds. The van der Waals surface area contributed by atoms with Crippen LogP contribution in [0.15, 0.2) is 35.5 Å². The van der Waals surface area contributed by atoms with Crippen molar-refractivity contribution in [2.24, 2.45) is 7.05 Å². The zero-order valence-electron chi connectivity index (χ0n) is 16.9. The Morgan fingerprint density at radius 1 is 1.17 bits per heavy atom. The molecule has 2 heterocycles. The lowest BCUT2D eigenvalue weighted by molar-refractivity contribution is -0.141. The molecule has 1 aromatic carbocycles. The van der Waals surface area contributed by atoms with Crippen LogP contribution in [-0.4, -0.2) is 44.2 Å². The summed E-state index contributed by atoms with van der Waals surface area (Å²) in [7, 11) is 3.38. The van der Waals surface area contributed by atoms with Gasteiger partial charge in [0.25, 0.3) is 0 Å². The molecule has 0 radical (unpaired) electrons. The summed E-state index contributed by atoms with van der Waals surface area (Å²) < 4.78 is 46.4. The molecular weight excluding hydrogens is 417 g/mol. The summed E-state index contributed by atoms with van der Waals surface area (Å²) >= 11 is 1.19. The molecule has 0 aliphatic carbocycles. The maximum Gasteiger partial charge on any atom is 0.406 e. The molecule has 2 aromatic heterocycles. The zero-order valence-corrected chi connectivity index (χ0v) is 17.8. The van der Waals surface area contributed by atoms with Crippen LogP contribution in [0.3, 0.4) is 0 Å². The fourth-order valence-corrected chi connectivity index (χ4v) is 3.94. The molecule has 0 aliphatic rings. The monoisotopic (exact) mass is 438 g/mol. The number of hydrogen-bond donors (Lipinski definition) is 0. The van der Waals surface area contributed by atoms with Crippen molar-refractivity contribution in [3.8, 4) is 17.1 Å². The maximum absolute atomic E-state index is 12.8. The molecule has 3 rings (SSSR count). The van der Waals surface area contributed by atoms with Gasteiger partial charge in [-0.05, 0) is 44.2 Å². The van der Waals surface area contributed by atoms with E-state index in [4.69, 9.17) is 4.74 Å². The van der Waals surface area contributed by atoms with Crippen molar-refractivity contribution in [1.29, 1.82) is 0 Å². The second-order valence-corrected chi connectivity index (χ2v) is 7.73. The lowest BCUT2D eigenvalue weighted by Gasteiger charge is -2.12. The van der Waals surface area contributed by atoms with Gasteiger partial charge in [-0.2, -0.15) is 13.2 Å². The number of aromatic nitrogens is 4. The van der Waals surface area contributed by atoms with Crippen molar-refractivity contribution >= 4 is 17.5 Å². The average molecular weight is 438 g/mol. The number of methoxy groups -OCH3 is 1. The normalized spacial score (nSPS) is 11.7. The number of Topliss-reactive ketones (excluding diaryl/α,β-unsaturated/α-hetero) is 1. The molecular formula is C20H21F3N4O2S. The van der Waals surface area contributed by atoms with Gasteiger partial charge in [-0.15, -0.1) is 10.2 Å². The van der Waals surface area contributed by atoms with Crippen molar-refractivity contribution < 1.29 is 22.7 Å². The number of nitrogens with zero attached hydrogens (tertiary/aromatic N) is 4. The van der Waals surface area contributed by atoms with Gasteiger partial charge in [0.05, 0.1) is 12.9 Å². The summed E-state index contributed by atoms with van der Waals surface area (Å²) in [4.78, 5) is 12.6. The van der Waals surface area contributed by atoms with Gasteiger partial charge in [0.2, 0.25) is 0 Å². The van der Waals surface area contributed by atoms with E-state index in [2.05, 4.69) is 10.2 Å². The van der Waals surface area contributed by atoms with Gasteiger partial charge in [-0.1, -0.05) is 11.8 Å². The van der Waals surface area contributed by atoms with E-state index in [-0.39, 0.29) is 11.5 Å². The molecule has 10 heteroatoms. The van der Waals surface area contributed by atoms with E-state index in [0.717, 1.165) is 15.9 Å². The van der Waals surface area contributed by atoms with E-state index in [1.54, 1.807) is 25.6 Å². The van der Waals surface area contributed by atoms with Crippen molar-refractivity contribution in [1.82, 2.24) is 19.3 Å². The summed E-state index contributed by atoms with van der Waals surface area (Å²) in [5.41, 5.74) is 1.85. The zero-order chi connectivity index (χ0) is 22.1. The minimum Gasteiger partial charge on any atom is -0.497 e. The summed E-state index contributed by atoms with van der Waals surface area (Å²) in [5, 5.41) is 8.85. The molecule has 30 heavy (non-hydrogen) atoms. The Bertz CT molecular complexity index is 1060. The highest BCUT2D eigenvalue weighted by Gasteiger charge is 2.30. The third kappa shape index (κ3) is 4.69.